The van der Waals surface area contributed by atoms with Crippen molar-refractivity contribution in [3.05, 3.63) is 74.8 Å². The van der Waals surface area contributed by atoms with Crippen molar-refractivity contribution in [2.75, 3.05) is 11.4 Å². The predicted octanol–water partition coefficient (Wildman–Crippen LogP) is 3.58. The highest BCUT2D eigenvalue weighted by Gasteiger charge is 2.20. The maximum Gasteiger partial charge on any atom is 0.258 e. The highest BCUT2D eigenvalue weighted by atomic mass is 35.5. The Balaban J connectivity index is 1.72. The number of benzene rings is 1. The first-order chi connectivity index (χ1) is 12.0. The van der Waals surface area contributed by atoms with Gasteiger partial charge in [0.15, 0.2) is 11.6 Å². The minimum absolute atomic E-state index is 0.231. The molecule has 0 atom stereocenters. The van der Waals surface area contributed by atoms with E-state index >= 15 is 0 Å². The molecule has 3 aromatic rings. The predicted molar refractivity (Wildman–Crippen MR) is 92.2 cm³/mol. The number of nitrogens with zero attached hydrogens (tertiary/aromatic N) is 3. The minimum Gasteiger partial charge on any atom is -0.365 e. The lowest BCUT2D eigenvalue weighted by atomic mass is 10.0. The SMILES string of the molecule is O=c1cc(CN2CCCc3cc(F)c(F)cc32)nc2ccc(Cl)cn12. The Morgan fingerprint density at radius 1 is 1.16 bits per heavy atom. The van der Waals surface area contributed by atoms with E-state index in [4.69, 9.17) is 11.6 Å². The molecule has 0 amide bonds. The smallest absolute Gasteiger partial charge is 0.258 e. The fraction of sp³-hybridized carbons (Fsp3) is 0.222. The van der Waals surface area contributed by atoms with Crippen molar-refractivity contribution in [3.63, 3.8) is 0 Å². The molecule has 0 N–H and O–H groups in total. The van der Waals surface area contributed by atoms with Crippen LogP contribution < -0.4 is 10.5 Å². The fourth-order valence-corrected chi connectivity index (χ4v) is 3.38. The van der Waals surface area contributed by atoms with Crippen LogP contribution in [0.1, 0.15) is 17.7 Å². The molecule has 7 heteroatoms. The quantitative estimate of drug-likeness (QED) is 0.700. The molecule has 0 spiro atoms. The van der Waals surface area contributed by atoms with Crippen LogP contribution in [0.4, 0.5) is 14.5 Å². The number of aromatic nitrogens is 2. The van der Waals surface area contributed by atoms with Gasteiger partial charge in [-0.15, -0.1) is 0 Å². The molecule has 0 unspecified atom stereocenters. The van der Waals surface area contributed by atoms with Crippen LogP contribution in [-0.4, -0.2) is 15.9 Å². The normalized spacial score (nSPS) is 14.0. The summed E-state index contributed by atoms with van der Waals surface area (Å²) >= 11 is 5.91. The van der Waals surface area contributed by atoms with Crippen LogP contribution in [0.2, 0.25) is 5.02 Å². The number of fused-ring (bicyclic) bond motifs is 2. The van der Waals surface area contributed by atoms with Gasteiger partial charge in [0.25, 0.3) is 5.56 Å². The first kappa shape index (κ1) is 16.0. The second-order valence-electron chi connectivity index (χ2n) is 6.08. The average Bonchev–Trinajstić information content (AvgIpc) is 2.57. The lowest BCUT2D eigenvalue weighted by Crippen LogP contribution is -2.30. The van der Waals surface area contributed by atoms with Gasteiger partial charge in [-0.05, 0) is 36.6 Å². The van der Waals surface area contributed by atoms with Gasteiger partial charge in [0, 0.05) is 30.6 Å². The molecule has 3 heterocycles. The summed E-state index contributed by atoms with van der Waals surface area (Å²) in [6.07, 6.45) is 3.06. The van der Waals surface area contributed by atoms with Crippen LogP contribution in [0.3, 0.4) is 0 Å². The molecule has 0 saturated carbocycles. The summed E-state index contributed by atoms with van der Waals surface area (Å²) in [7, 11) is 0. The molecule has 0 radical (unpaired) electrons. The Labute approximate surface area is 147 Å². The van der Waals surface area contributed by atoms with Gasteiger partial charge in [0.1, 0.15) is 5.65 Å². The molecule has 2 aromatic heterocycles. The van der Waals surface area contributed by atoms with E-state index < -0.39 is 11.6 Å². The topological polar surface area (TPSA) is 37.6 Å². The zero-order valence-electron chi connectivity index (χ0n) is 13.2. The number of rotatable bonds is 2. The van der Waals surface area contributed by atoms with Gasteiger partial charge in [-0.1, -0.05) is 11.6 Å². The summed E-state index contributed by atoms with van der Waals surface area (Å²) in [5.74, 6) is -1.70. The van der Waals surface area contributed by atoms with Gasteiger partial charge in [-0.2, -0.15) is 0 Å². The van der Waals surface area contributed by atoms with E-state index in [1.165, 1.54) is 28.8 Å². The van der Waals surface area contributed by atoms with Gasteiger partial charge in [-0.3, -0.25) is 9.20 Å². The summed E-state index contributed by atoms with van der Waals surface area (Å²) < 4.78 is 28.5. The molecule has 4 rings (SSSR count). The molecular weight excluding hydrogens is 348 g/mol. The minimum atomic E-state index is -0.869. The Hall–Kier alpha value is -2.47. The summed E-state index contributed by atoms with van der Waals surface area (Å²) in [6.45, 7) is 1.05. The van der Waals surface area contributed by atoms with Gasteiger partial charge < -0.3 is 4.90 Å². The van der Waals surface area contributed by atoms with E-state index in [1.54, 1.807) is 12.1 Å². The van der Waals surface area contributed by atoms with E-state index in [0.717, 1.165) is 12.0 Å². The van der Waals surface area contributed by atoms with E-state index in [9.17, 15) is 13.6 Å². The van der Waals surface area contributed by atoms with E-state index in [0.29, 0.717) is 41.6 Å². The van der Waals surface area contributed by atoms with E-state index in [1.807, 2.05) is 4.90 Å². The molecule has 1 aromatic carbocycles. The zero-order chi connectivity index (χ0) is 17.6. The number of pyridine rings is 1. The molecular formula is C18H14ClF2N3O. The van der Waals surface area contributed by atoms with Gasteiger partial charge in [0.05, 0.1) is 17.3 Å². The largest absolute Gasteiger partial charge is 0.365 e. The molecule has 0 bridgehead atoms. The lowest BCUT2D eigenvalue weighted by Gasteiger charge is -2.31. The highest BCUT2D eigenvalue weighted by molar-refractivity contribution is 6.30. The standard InChI is InChI=1S/C18H14ClF2N3O/c19-12-3-4-17-22-13(7-18(25)24(17)9-12)10-23-5-1-2-11-6-14(20)15(21)8-16(11)23/h3-4,6-9H,1-2,5,10H2. The number of hydrogen-bond acceptors (Lipinski definition) is 3. The van der Waals surface area contributed by atoms with Crippen LogP contribution in [0.25, 0.3) is 5.65 Å². The molecule has 1 aliphatic rings. The first-order valence-corrected chi connectivity index (χ1v) is 8.30. The molecule has 0 aliphatic carbocycles. The van der Waals surface area contributed by atoms with Crippen molar-refractivity contribution < 1.29 is 8.78 Å². The maximum atomic E-state index is 13.6. The molecule has 25 heavy (non-hydrogen) atoms. The van der Waals surface area contributed by atoms with Crippen molar-refractivity contribution in [2.24, 2.45) is 0 Å². The monoisotopic (exact) mass is 361 g/mol. The summed E-state index contributed by atoms with van der Waals surface area (Å²) in [5.41, 5.74) is 2.27. The zero-order valence-corrected chi connectivity index (χ0v) is 13.9. The Morgan fingerprint density at radius 3 is 2.80 bits per heavy atom. The molecule has 0 saturated heterocycles. The number of aryl methyl sites for hydroxylation is 1. The Bertz CT molecular complexity index is 1030. The maximum absolute atomic E-state index is 13.6. The van der Waals surface area contributed by atoms with Crippen LogP contribution in [0, 0.1) is 11.6 Å². The molecule has 1 aliphatic heterocycles. The molecule has 128 valence electrons. The number of hydrogen-bond donors (Lipinski definition) is 0. The lowest BCUT2D eigenvalue weighted by molar-refractivity contribution is 0.504. The fourth-order valence-electron chi connectivity index (χ4n) is 3.22. The van der Waals surface area contributed by atoms with Crippen molar-refractivity contribution in [3.8, 4) is 0 Å². The average molecular weight is 362 g/mol. The van der Waals surface area contributed by atoms with Crippen molar-refractivity contribution in [2.45, 2.75) is 19.4 Å². The Morgan fingerprint density at radius 2 is 1.96 bits per heavy atom. The number of anilines is 1. The van der Waals surface area contributed by atoms with Crippen molar-refractivity contribution in [1.82, 2.24) is 9.38 Å². The number of halogens is 3. The van der Waals surface area contributed by atoms with E-state index in [-0.39, 0.29) is 5.56 Å². The molecule has 0 fully saturated rings. The Kier molecular flexibility index (Phi) is 3.92. The second-order valence-corrected chi connectivity index (χ2v) is 6.52. The summed E-state index contributed by atoms with van der Waals surface area (Å²) in [5, 5.41) is 0.451. The first-order valence-electron chi connectivity index (χ1n) is 7.92. The second kappa shape index (κ2) is 6.11. The summed E-state index contributed by atoms with van der Waals surface area (Å²) in [6, 6.07) is 7.25. The third-order valence-electron chi connectivity index (χ3n) is 4.37. The third kappa shape index (κ3) is 2.98. The van der Waals surface area contributed by atoms with Gasteiger partial charge in [0.2, 0.25) is 0 Å². The summed E-state index contributed by atoms with van der Waals surface area (Å²) in [4.78, 5) is 18.7. The third-order valence-corrected chi connectivity index (χ3v) is 4.59. The van der Waals surface area contributed by atoms with Crippen molar-refractivity contribution in [1.29, 1.82) is 0 Å². The highest BCUT2D eigenvalue weighted by Crippen LogP contribution is 2.30. The van der Waals surface area contributed by atoms with Gasteiger partial charge in [-0.25, -0.2) is 13.8 Å². The van der Waals surface area contributed by atoms with E-state index in [2.05, 4.69) is 4.98 Å². The van der Waals surface area contributed by atoms with Crippen LogP contribution in [-0.2, 0) is 13.0 Å². The molecule has 4 nitrogen and oxygen atoms in total. The van der Waals surface area contributed by atoms with Gasteiger partial charge >= 0.3 is 0 Å². The van der Waals surface area contributed by atoms with Crippen LogP contribution in [0.5, 0.6) is 0 Å². The van der Waals surface area contributed by atoms with Crippen molar-refractivity contribution >= 4 is 22.9 Å². The van der Waals surface area contributed by atoms with Crippen LogP contribution >= 0.6 is 11.6 Å². The van der Waals surface area contributed by atoms with Crippen LogP contribution in [0.15, 0.2) is 41.3 Å².